The van der Waals surface area contributed by atoms with Crippen molar-refractivity contribution in [3.63, 3.8) is 0 Å². The summed E-state index contributed by atoms with van der Waals surface area (Å²) in [6.07, 6.45) is 11.1. The number of carbonyl (C=O) groups excluding carboxylic acids is 3. The van der Waals surface area contributed by atoms with Gasteiger partial charge in [0.1, 0.15) is 0 Å². The number of nitrogen functional groups attached to an aromatic ring is 1. The zero-order valence-corrected chi connectivity index (χ0v) is 31.4. The molecule has 2 fully saturated rings. The molecular weight excluding hydrogens is 622 g/mol. The second-order valence-electron chi connectivity index (χ2n) is 17.5. The Morgan fingerprint density at radius 3 is 2.30 bits per heavy atom. The van der Waals surface area contributed by atoms with E-state index in [4.69, 9.17) is 17.2 Å². The minimum absolute atomic E-state index is 0.0353. The fraction of sp³-hybridized carbons (Fsp3) is 0.643. The van der Waals surface area contributed by atoms with Crippen LogP contribution in [0.25, 0.3) is 0 Å². The molecule has 2 aromatic rings. The van der Waals surface area contributed by atoms with Gasteiger partial charge in [0.05, 0.1) is 16.9 Å². The Morgan fingerprint density at radius 1 is 0.860 bits per heavy atom. The van der Waals surface area contributed by atoms with E-state index in [0.717, 1.165) is 88.4 Å². The van der Waals surface area contributed by atoms with Crippen LogP contribution < -0.4 is 22.5 Å². The average molecular weight is 684 g/mol. The van der Waals surface area contributed by atoms with Gasteiger partial charge >= 0.3 is 0 Å². The van der Waals surface area contributed by atoms with Gasteiger partial charge in [-0.3, -0.25) is 19.3 Å². The number of fused-ring (bicyclic) bond motifs is 6. The molecular formula is C42H61N5O3. The average Bonchev–Trinajstić information content (AvgIpc) is 3.08. The molecule has 0 radical (unpaired) electrons. The maximum Gasteiger partial charge on any atom is 0.241 e. The number of carbonyl (C=O) groups is 3. The van der Waals surface area contributed by atoms with Crippen molar-refractivity contribution in [3.8, 4) is 0 Å². The molecule has 8 heteroatoms. The third-order valence-corrected chi connectivity index (χ3v) is 14.9. The van der Waals surface area contributed by atoms with Crippen LogP contribution in [0.15, 0.2) is 36.4 Å². The van der Waals surface area contributed by atoms with Crippen LogP contribution in [0.2, 0.25) is 0 Å². The van der Waals surface area contributed by atoms with E-state index < -0.39 is 22.3 Å². The van der Waals surface area contributed by atoms with Gasteiger partial charge in [0.25, 0.3) is 0 Å². The molecule has 0 aliphatic heterocycles. The summed E-state index contributed by atoms with van der Waals surface area (Å²) in [5, 5.41) is 3.07. The molecule has 6 rings (SSSR count). The first-order valence-corrected chi connectivity index (χ1v) is 19.2. The molecule has 7 atom stereocenters. The summed E-state index contributed by atoms with van der Waals surface area (Å²) in [5.74, 6) is -0.148. The van der Waals surface area contributed by atoms with Crippen molar-refractivity contribution in [2.75, 3.05) is 24.6 Å². The van der Waals surface area contributed by atoms with E-state index in [1.54, 1.807) is 7.05 Å². The first kappa shape index (κ1) is 36.6. The molecule has 7 N–H and O–H groups in total. The Balaban J connectivity index is 1.27. The second kappa shape index (κ2) is 13.1. The molecule has 50 heavy (non-hydrogen) atoms. The Labute approximate surface area is 299 Å². The Kier molecular flexibility index (Phi) is 9.56. The van der Waals surface area contributed by atoms with E-state index in [-0.39, 0.29) is 34.5 Å². The van der Waals surface area contributed by atoms with Crippen LogP contribution in [0.5, 0.6) is 0 Å². The molecule has 2 aromatic carbocycles. The normalized spacial score (nSPS) is 33.6. The lowest BCUT2D eigenvalue weighted by molar-refractivity contribution is -0.171. The zero-order chi connectivity index (χ0) is 36.3. The summed E-state index contributed by atoms with van der Waals surface area (Å²) in [4.78, 5) is 44.5. The molecule has 272 valence electrons. The number of hydrogen-bond acceptors (Lipinski definition) is 6. The number of amides is 3. The summed E-state index contributed by atoms with van der Waals surface area (Å²) in [5.41, 5.74) is 22.5. The highest BCUT2D eigenvalue weighted by atomic mass is 16.2. The maximum atomic E-state index is 15.0. The minimum Gasteiger partial charge on any atom is -0.399 e. The number of benzene rings is 2. The molecule has 0 spiro atoms. The van der Waals surface area contributed by atoms with Crippen molar-refractivity contribution in [1.29, 1.82) is 0 Å². The molecule has 2 saturated carbocycles. The summed E-state index contributed by atoms with van der Waals surface area (Å²) < 4.78 is 0. The number of rotatable bonds is 8. The molecule has 0 bridgehead atoms. The van der Waals surface area contributed by atoms with Crippen molar-refractivity contribution < 1.29 is 14.4 Å². The topological polar surface area (TPSA) is 145 Å². The third-order valence-electron chi connectivity index (χ3n) is 14.9. The van der Waals surface area contributed by atoms with Crippen molar-refractivity contribution >= 4 is 29.1 Å². The van der Waals surface area contributed by atoms with E-state index in [0.29, 0.717) is 13.0 Å². The van der Waals surface area contributed by atoms with Crippen LogP contribution in [0, 0.1) is 22.2 Å². The van der Waals surface area contributed by atoms with Crippen LogP contribution in [0.4, 0.5) is 11.4 Å². The Bertz CT molecular complexity index is 1670. The van der Waals surface area contributed by atoms with Gasteiger partial charge < -0.3 is 22.5 Å². The number of unbranched alkanes of at least 4 members (excludes halogenated alkanes) is 1. The SMILES string of the molecule is CN(C(=O)[C@@]1(C)CCC[C@]2(C)c3cc(N)ccc3CC[C@@H]12)C(=O)[C@@]1(C)CCC[C@]2(C)c3cc(NC(=O)[C@@H](N)CCCCN)ccc3CC[C@@]12C. The van der Waals surface area contributed by atoms with Gasteiger partial charge in [-0.05, 0) is 139 Å². The number of anilines is 2. The number of nitrogens with zero attached hydrogens (tertiary/aromatic N) is 1. The van der Waals surface area contributed by atoms with Gasteiger partial charge in [0.15, 0.2) is 0 Å². The molecule has 0 aromatic heterocycles. The van der Waals surface area contributed by atoms with E-state index >= 15 is 4.79 Å². The van der Waals surface area contributed by atoms with Crippen molar-refractivity contribution in [1.82, 2.24) is 4.90 Å². The predicted molar refractivity (Wildman–Crippen MR) is 201 cm³/mol. The van der Waals surface area contributed by atoms with Gasteiger partial charge in [-0.15, -0.1) is 0 Å². The van der Waals surface area contributed by atoms with Crippen LogP contribution in [0.1, 0.15) is 128 Å². The smallest absolute Gasteiger partial charge is 0.241 e. The van der Waals surface area contributed by atoms with Crippen molar-refractivity contribution in [2.45, 2.75) is 135 Å². The van der Waals surface area contributed by atoms with E-state index in [2.05, 4.69) is 64.2 Å². The number of nitrogens with one attached hydrogen (secondary N) is 1. The fourth-order valence-corrected chi connectivity index (χ4v) is 11.5. The predicted octanol–water partition coefficient (Wildman–Crippen LogP) is 6.76. The second-order valence-corrected chi connectivity index (χ2v) is 17.5. The van der Waals surface area contributed by atoms with Gasteiger partial charge in [-0.25, -0.2) is 0 Å². The molecule has 3 amide bonds. The van der Waals surface area contributed by atoms with Crippen LogP contribution in [0.3, 0.4) is 0 Å². The van der Waals surface area contributed by atoms with Gasteiger partial charge in [0.2, 0.25) is 17.7 Å². The Morgan fingerprint density at radius 2 is 1.56 bits per heavy atom. The standard InChI is InChI=1S/C42H61N5O3/c1-38-19-9-20-39(2,34(38)17-14-27-12-15-29(44)25-31(27)38)36(49)47(6)37(50)41(4)22-10-21-40(3)32-26-30(16-13-28(32)18-23-42(40,41)5)46-35(48)33(45)11-7-8-24-43/h12-13,15-16,25-26,33-34H,7-11,14,17-24,43-45H2,1-6H3,(H,46,48)/t33-,34+,38+,39-,40+,41+,42+/m0/s1. The first-order chi connectivity index (χ1) is 23.6. The lowest BCUT2D eigenvalue weighted by atomic mass is 9.41. The van der Waals surface area contributed by atoms with E-state index in [1.807, 2.05) is 12.1 Å². The lowest BCUT2D eigenvalue weighted by Crippen LogP contribution is -2.64. The van der Waals surface area contributed by atoms with Crippen LogP contribution in [-0.4, -0.2) is 42.3 Å². The molecule has 8 nitrogen and oxygen atoms in total. The summed E-state index contributed by atoms with van der Waals surface area (Å²) in [7, 11) is 1.75. The third kappa shape index (κ3) is 5.51. The molecule has 0 unspecified atom stereocenters. The number of nitrogens with two attached hydrogens (primary N) is 3. The fourth-order valence-electron chi connectivity index (χ4n) is 11.5. The highest BCUT2D eigenvalue weighted by Gasteiger charge is 2.65. The first-order valence-electron chi connectivity index (χ1n) is 19.2. The largest absolute Gasteiger partial charge is 0.399 e. The molecule has 4 aliphatic carbocycles. The zero-order valence-electron chi connectivity index (χ0n) is 31.4. The molecule has 0 saturated heterocycles. The number of hydrogen-bond donors (Lipinski definition) is 4. The summed E-state index contributed by atoms with van der Waals surface area (Å²) >= 11 is 0. The Hall–Kier alpha value is -3.23. The summed E-state index contributed by atoms with van der Waals surface area (Å²) in [6, 6.07) is 11.9. The van der Waals surface area contributed by atoms with E-state index in [1.165, 1.54) is 27.2 Å². The van der Waals surface area contributed by atoms with Crippen LogP contribution >= 0.6 is 0 Å². The lowest BCUT2D eigenvalue weighted by Gasteiger charge is -2.63. The minimum atomic E-state index is -0.741. The summed E-state index contributed by atoms with van der Waals surface area (Å²) in [6.45, 7) is 11.8. The number of aryl methyl sites for hydroxylation is 2. The van der Waals surface area contributed by atoms with Crippen molar-refractivity contribution in [3.05, 3.63) is 58.7 Å². The molecule has 4 aliphatic rings. The monoisotopic (exact) mass is 683 g/mol. The quantitative estimate of drug-likeness (QED) is 0.138. The highest BCUT2D eigenvalue weighted by molar-refractivity contribution is 6.01. The maximum absolute atomic E-state index is 15.0. The van der Waals surface area contributed by atoms with Gasteiger partial charge in [0, 0.05) is 18.4 Å². The highest BCUT2D eigenvalue weighted by Crippen LogP contribution is 2.66. The molecule has 0 heterocycles. The van der Waals surface area contributed by atoms with Gasteiger partial charge in [-0.1, -0.05) is 66.0 Å². The van der Waals surface area contributed by atoms with E-state index in [9.17, 15) is 9.59 Å². The van der Waals surface area contributed by atoms with Crippen LogP contribution in [-0.2, 0) is 38.1 Å². The number of imide groups is 1. The van der Waals surface area contributed by atoms with Crippen molar-refractivity contribution in [2.24, 2.45) is 33.6 Å². The van der Waals surface area contributed by atoms with Gasteiger partial charge in [-0.2, -0.15) is 0 Å².